The second-order valence-electron chi connectivity index (χ2n) is 5.18. The van der Waals surface area contributed by atoms with Crippen LogP contribution in [0.4, 0.5) is 0 Å². The van der Waals surface area contributed by atoms with Crippen LogP contribution in [-0.4, -0.2) is 9.97 Å². The summed E-state index contributed by atoms with van der Waals surface area (Å²) in [5.74, 6) is 1.00. The fourth-order valence-corrected chi connectivity index (χ4v) is 3.92. The van der Waals surface area contributed by atoms with Crippen LogP contribution in [0.3, 0.4) is 0 Å². The van der Waals surface area contributed by atoms with Crippen LogP contribution in [0.2, 0.25) is 15.2 Å². The van der Waals surface area contributed by atoms with Crippen LogP contribution in [0.25, 0.3) is 11.4 Å². The van der Waals surface area contributed by atoms with Gasteiger partial charge in [0, 0.05) is 21.5 Å². The lowest BCUT2D eigenvalue weighted by atomic mass is 10.0. The van der Waals surface area contributed by atoms with Gasteiger partial charge in [0.1, 0.15) is 5.15 Å². The lowest BCUT2D eigenvalue weighted by Gasteiger charge is -2.13. The smallest absolute Gasteiger partial charge is 0.161 e. The van der Waals surface area contributed by atoms with E-state index in [1.165, 1.54) is 12.8 Å². The van der Waals surface area contributed by atoms with E-state index in [9.17, 15) is 0 Å². The molecule has 2 aromatic rings. The van der Waals surface area contributed by atoms with Gasteiger partial charge in [-0.2, -0.15) is 0 Å². The molecule has 0 unspecified atom stereocenters. The normalized spacial score (nSPS) is 15.6. The molecule has 0 N–H and O–H groups in total. The Hall–Kier alpha value is -0.350. The van der Waals surface area contributed by atoms with Crippen molar-refractivity contribution in [3.8, 4) is 11.4 Å². The SMILES string of the molecule is Clc1cc(Cl)cc(-c2nc(Cl)c(Br)c(C3CCCC3)n2)c1. The molecule has 1 heterocycles. The topological polar surface area (TPSA) is 25.8 Å². The summed E-state index contributed by atoms with van der Waals surface area (Å²) in [5, 5.41) is 1.54. The maximum absolute atomic E-state index is 6.26. The molecule has 0 bridgehead atoms. The van der Waals surface area contributed by atoms with E-state index >= 15 is 0 Å². The van der Waals surface area contributed by atoms with E-state index in [0.717, 1.165) is 28.6 Å². The fourth-order valence-electron chi connectivity index (χ4n) is 2.72. The van der Waals surface area contributed by atoms with E-state index in [4.69, 9.17) is 39.8 Å². The molecule has 3 rings (SSSR count). The molecule has 1 saturated carbocycles. The Labute approximate surface area is 147 Å². The van der Waals surface area contributed by atoms with E-state index in [-0.39, 0.29) is 0 Å². The maximum atomic E-state index is 6.26. The highest BCUT2D eigenvalue weighted by atomic mass is 79.9. The highest BCUT2D eigenvalue weighted by Crippen LogP contribution is 2.39. The predicted octanol–water partition coefficient (Wildman–Crippen LogP) is 6.52. The van der Waals surface area contributed by atoms with Crippen molar-refractivity contribution >= 4 is 50.7 Å². The zero-order chi connectivity index (χ0) is 15.0. The van der Waals surface area contributed by atoms with Crippen molar-refractivity contribution in [3.05, 3.63) is 43.6 Å². The summed E-state index contributed by atoms with van der Waals surface area (Å²) in [6.07, 6.45) is 4.75. The molecule has 1 aromatic heterocycles. The molecule has 21 heavy (non-hydrogen) atoms. The Morgan fingerprint density at radius 3 is 2.19 bits per heavy atom. The molecule has 2 nitrogen and oxygen atoms in total. The van der Waals surface area contributed by atoms with Crippen molar-refractivity contribution in [2.45, 2.75) is 31.6 Å². The molecule has 1 aliphatic rings. The largest absolute Gasteiger partial charge is 0.231 e. The highest BCUT2D eigenvalue weighted by molar-refractivity contribution is 9.10. The number of aromatic nitrogens is 2. The van der Waals surface area contributed by atoms with Gasteiger partial charge in [-0.15, -0.1) is 0 Å². The van der Waals surface area contributed by atoms with Crippen LogP contribution in [0.15, 0.2) is 22.7 Å². The lowest BCUT2D eigenvalue weighted by Crippen LogP contribution is -2.02. The van der Waals surface area contributed by atoms with Crippen LogP contribution in [-0.2, 0) is 0 Å². The van der Waals surface area contributed by atoms with E-state index in [1.807, 2.05) is 0 Å². The molecule has 0 atom stereocenters. The Balaban J connectivity index is 2.10. The molecule has 110 valence electrons. The van der Waals surface area contributed by atoms with E-state index in [1.54, 1.807) is 18.2 Å². The second kappa shape index (κ2) is 6.41. The molecule has 1 aromatic carbocycles. The Morgan fingerprint density at radius 1 is 0.952 bits per heavy atom. The van der Waals surface area contributed by atoms with Crippen LogP contribution >= 0.6 is 50.7 Å². The first-order chi connectivity index (χ1) is 10.0. The third-order valence-corrected chi connectivity index (χ3v) is 5.42. The zero-order valence-electron chi connectivity index (χ0n) is 11.0. The molecule has 0 amide bonds. The van der Waals surface area contributed by atoms with Gasteiger partial charge in [0.05, 0.1) is 10.2 Å². The van der Waals surface area contributed by atoms with Crippen molar-refractivity contribution in [3.63, 3.8) is 0 Å². The van der Waals surface area contributed by atoms with Crippen molar-refractivity contribution in [2.24, 2.45) is 0 Å². The lowest BCUT2D eigenvalue weighted by molar-refractivity contribution is 0.691. The van der Waals surface area contributed by atoms with Gasteiger partial charge in [0.25, 0.3) is 0 Å². The fraction of sp³-hybridized carbons (Fsp3) is 0.333. The molecule has 6 heteroatoms. The Kier molecular flexibility index (Phi) is 4.75. The standard InChI is InChI=1S/C15H12BrCl3N2/c16-12-13(8-3-1-2-4-8)20-15(21-14(12)19)9-5-10(17)7-11(18)6-9/h5-8H,1-4H2. The van der Waals surface area contributed by atoms with Gasteiger partial charge in [0.15, 0.2) is 5.82 Å². The van der Waals surface area contributed by atoms with Gasteiger partial charge in [-0.1, -0.05) is 47.6 Å². The van der Waals surface area contributed by atoms with Crippen LogP contribution in [0, 0.1) is 0 Å². The van der Waals surface area contributed by atoms with Crippen molar-refractivity contribution < 1.29 is 0 Å². The zero-order valence-corrected chi connectivity index (χ0v) is 14.9. The minimum Gasteiger partial charge on any atom is -0.231 e. The summed E-state index contributed by atoms with van der Waals surface area (Å²) in [6.45, 7) is 0. The monoisotopic (exact) mass is 404 g/mol. The molecular weight excluding hydrogens is 394 g/mol. The molecular formula is C15H12BrCl3N2. The molecule has 1 fully saturated rings. The van der Waals surface area contributed by atoms with Crippen LogP contribution in [0.5, 0.6) is 0 Å². The maximum Gasteiger partial charge on any atom is 0.161 e. The number of nitrogens with zero attached hydrogens (tertiary/aromatic N) is 2. The van der Waals surface area contributed by atoms with Gasteiger partial charge in [-0.3, -0.25) is 0 Å². The molecule has 0 radical (unpaired) electrons. The Morgan fingerprint density at radius 2 is 1.57 bits per heavy atom. The van der Waals surface area contributed by atoms with E-state index < -0.39 is 0 Å². The molecule has 0 aliphatic heterocycles. The average Bonchev–Trinajstić information content (AvgIpc) is 2.94. The number of benzene rings is 1. The minimum atomic E-state index is 0.429. The summed E-state index contributed by atoms with van der Waals surface area (Å²) in [7, 11) is 0. The summed E-state index contributed by atoms with van der Waals surface area (Å²) in [4.78, 5) is 9.06. The van der Waals surface area contributed by atoms with Crippen LogP contribution in [0.1, 0.15) is 37.3 Å². The third kappa shape index (κ3) is 3.37. The highest BCUT2D eigenvalue weighted by Gasteiger charge is 2.23. The summed E-state index contributed by atoms with van der Waals surface area (Å²) in [6, 6.07) is 5.28. The minimum absolute atomic E-state index is 0.429. The van der Waals surface area contributed by atoms with E-state index in [2.05, 4.69) is 20.9 Å². The van der Waals surface area contributed by atoms with Crippen molar-refractivity contribution in [2.75, 3.05) is 0 Å². The molecule has 0 saturated heterocycles. The first kappa shape index (κ1) is 15.5. The number of halogens is 4. The van der Waals surface area contributed by atoms with Gasteiger partial charge < -0.3 is 0 Å². The van der Waals surface area contributed by atoms with Gasteiger partial charge >= 0.3 is 0 Å². The number of rotatable bonds is 2. The predicted molar refractivity (Wildman–Crippen MR) is 91.4 cm³/mol. The molecule has 0 spiro atoms. The third-order valence-electron chi connectivity index (χ3n) is 3.70. The molecule has 1 aliphatic carbocycles. The van der Waals surface area contributed by atoms with Crippen LogP contribution < -0.4 is 0 Å². The summed E-state index contributed by atoms with van der Waals surface area (Å²) < 4.78 is 0.799. The Bertz CT molecular complexity index is 665. The van der Waals surface area contributed by atoms with Gasteiger partial charge in [-0.05, 0) is 47.0 Å². The quantitative estimate of drug-likeness (QED) is 0.530. The van der Waals surface area contributed by atoms with Gasteiger partial charge in [-0.25, -0.2) is 9.97 Å². The first-order valence-electron chi connectivity index (χ1n) is 6.74. The first-order valence-corrected chi connectivity index (χ1v) is 8.66. The van der Waals surface area contributed by atoms with Gasteiger partial charge in [0.2, 0.25) is 0 Å². The summed E-state index contributed by atoms with van der Waals surface area (Å²) in [5.41, 5.74) is 1.76. The second-order valence-corrected chi connectivity index (χ2v) is 7.20. The van der Waals surface area contributed by atoms with Crippen molar-refractivity contribution in [1.82, 2.24) is 9.97 Å². The average molecular weight is 407 g/mol. The number of hydrogen-bond donors (Lipinski definition) is 0. The summed E-state index contributed by atoms with van der Waals surface area (Å²) >= 11 is 21.9. The number of hydrogen-bond acceptors (Lipinski definition) is 2. The van der Waals surface area contributed by atoms with Crippen molar-refractivity contribution in [1.29, 1.82) is 0 Å². The van der Waals surface area contributed by atoms with E-state index in [0.29, 0.717) is 26.9 Å².